The molecule has 0 aromatic rings. The van der Waals surface area contributed by atoms with Crippen molar-refractivity contribution in [3.05, 3.63) is 0 Å². The average molecular weight is 163 g/mol. The van der Waals surface area contributed by atoms with Crippen molar-refractivity contribution < 1.29 is 4.21 Å². The summed E-state index contributed by atoms with van der Waals surface area (Å²) >= 11 is 4.34. The summed E-state index contributed by atoms with van der Waals surface area (Å²) < 4.78 is 10.4. The van der Waals surface area contributed by atoms with Crippen LogP contribution in [-0.4, -0.2) is 27.9 Å². The Kier molecular flexibility index (Phi) is 6.04. The minimum Gasteiger partial charge on any atom is -0.260 e. The van der Waals surface area contributed by atoms with Crippen molar-refractivity contribution in [2.45, 2.75) is 6.42 Å². The van der Waals surface area contributed by atoms with Crippen molar-refractivity contribution in [3.63, 3.8) is 0 Å². The van der Waals surface area contributed by atoms with E-state index in [1.54, 1.807) is 6.26 Å². The van der Waals surface area contributed by atoms with E-state index in [9.17, 15) is 4.21 Å². The Morgan fingerprint density at radius 2 is 2.44 bits per heavy atom. The van der Waals surface area contributed by atoms with Gasteiger partial charge in [-0.25, -0.2) is 4.99 Å². The van der Waals surface area contributed by atoms with E-state index >= 15 is 0 Å². The van der Waals surface area contributed by atoms with Crippen LogP contribution in [0.2, 0.25) is 0 Å². The number of thiocarbonyl (C=S) groups is 1. The molecular weight excluding hydrogens is 154 g/mol. The summed E-state index contributed by atoms with van der Waals surface area (Å²) in [5.74, 6) is 0.709. The summed E-state index contributed by atoms with van der Waals surface area (Å²) in [4.78, 5) is 3.67. The van der Waals surface area contributed by atoms with Gasteiger partial charge in [-0.3, -0.25) is 4.21 Å². The van der Waals surface area contributed by atoms with Crippen molar-refractivity contribution in [2.24, 2.45) is 4.99 Å². The summed E-state index contributed by atoms with van der Waals surface area (Å²) in [5, 5.41) is 2.25. The van der Waals surface area contributed by atoms with Gasteiger partial charge in [-0.2, -0.15) is 0 Å². The highest BCUT2D eigenvalue weighted by Crippen LogP contribution is 1.83. The predicted molar refractivity (Wildman–Crippen MR) is 43.4 cm³/mol. The predicted octanol–water partition coefficient (Wildman–Crippen LogP) is 0.858. The number of isothiocyanates is 1. The molecular formula is C5H9NOS2. The first-order valence-electron chi connectivity index (χ1n) is 2.61. The highest BCUT2D eigenvalue weighted by Gasteiger charge is 1.87. The van der Waals surface area contributed by atoms with Crippen LogP contribution in [-0.2, 0) is 10.8 Å². The SMILES string of the molecule is C[S@](=O)CCCN=C=S. The molecule has 0 fully saturated rings. The summed E-state index contributed by atoms with van der Waals surface area (Å²) in [7, 11) is -0.691. The second-order valence-corrected chi connectivity index (χ2v) is 3.34. The Bertz CT molecular complexity index is 138. The number of rotatable bonds is 4. The lowest BCUT2D eigenvalue weighted by molar-refractivity contribution is 0.684. The topological polar surface area (TPSA) is 29.4 Å². The maximum absolute atomic E-state index is 10.4. The van der Waals surface area contributed by atoms with E-state index in [0.717, 1.165) is 6.42 Å². The van der Waals surface area contributed by atoms with Crippen molar-refractivity contribution >= 4 is 28.2 Å². The lowest BCUT2D eigenvalue weighted by atomic mass is 10.5. The minimum atomic E-state index is -0.691. The van der Waals surface area contributed by atoms with Gasteiger partial charge in [0, 0.05) is 22.8 Å². The Morgan fingerprint density at radius 3 is 2.89 bits per heavy atom. The van der Waals surface area contributed by atoms with Gasteiger partial charge in [-0.1, -0.05) is 0 Å². The fourth-order valence-electron chi connectivity index (χ4n) is 0.393. The van der Waals surface area contributed by atoms with E-state index in [1.165, 1.54) is 0 Å². The molecule has 0 aliphatic heterocycles. The van der Waals surface area contributed by atoms with Crippen LogP contribution in [0, 0.1) is 0 Å². The lowest BCUT2D eigenvalue weighted by Gasteiger charge is -1.88. The molecule has 0 saturated heterocycles. The third-order valence-electron chi connectivity index (χ3n) is 0.766. The smallest absolute Gasteiger partial charge is 0.0584 e. The maximum Gasteiger partial charge on any atom is 0.0584 e. The Morgan fingerprint density at radius 1 is 1.78 bits per heavy atom. The summed E-state index contributed by atoms with van der Waals surface area (Å²) in [6, 6.07) is 0. The first kappa shape index (κ1) is 8.95. The first-order chi connectivity index (χ1) is 4.27. The lowest BCUT2D eigenvalue weighted by Crippen LogP contribution is -1.95. The van der Waals surface area contributed by atoms with Gasteiger partial charge >= 0.3 is 0 Å². The molecule has 9 heavy (non-hydrogen) atoms. The minimum absolute atomic E-state index is 0.656. The van der Waals surface area contributed by atoms with Crippen LogP contribution in [0.5, 0.6) is 0 Å². The standard InChI is InChI=1S/C5H9NOS2/c1-9(7)4-2-3-6-5-8/h2-4H2,1H3/t9-/m0/s1. The van der Waals surface area contributed by atoms with Crippen LogP contribution in [0.15, 0.2) is 4.99 Å². The van der Waals surface area contributed by atoms with Crippen LogP contribution in [0.3, 0.4) is 0 Å². The van der Waals surface area contributed by atoms with Crippen molar-refractivity contribution in [1.82, 2.24) is 0 Å². The van der Waals surface area contributed by atoms with Crippen LogP contribution < -0.4 is 0 Å². The van der Waals surface area contributed by atoms with Crippen LogP contribution in [0.4, 0.5) is 0 Å². The number of hydrogen-bond acceptors (Lipinski definition) is 3. The van der Waals surface area contributed by atoms with E-state index in [2.05, 4.69) is 22.4 Å². The Labute approximate surface area is 62.8 Å². The normalized spacial score (nSPS) is 12.1. The van der Waals surface area contributed by atoms with Crippen molar-refractivity contribution in [3.8, 4) is 0 Å². The van der Waals surface area contributed by atoms with Gasteiger partial charge in [0.05, 0.1) is 11.7 Å². The zero-order chi connectivity index (χ0) is 7.11. The number of aliphatic imine (C=N–C) groups is 1. The summed E-state index contributed by atoms with van der Waals surface area (Å²) in [6.45, 7) is 0.656. The second-order valence-electron chi connectivity index (χ2n) is 1.60. The van der Waals surface area contributed by atoms with Crippen molar-refractivity contribution in [2.75, 3.05) is 18.6 Å². The Balaban J connectivity index is 3.10. The van der Waals surface area contributed by atoms with Gasteiger partial charge in [-0.05, 0) is 18.6 Å². The molecule has 0 aromatic carbocycles. The first-order valence-corrected chi connectivity index (χ1v) is 4.74. The molecule has 52 valence electrons. The molecule has 0 rings (SSSR count). The molecule has 0 saturated carbocycles. The van der Waals surface area contributed by atoms with Crippen LogP contribution >= 0.6 is 12.2 Å². The quantitative estimate of drug-likeness (QED) is 0.349. The summed E-state index contributed by atoms with van der Waals surface area (Å²) in [5.41, 5.74) is 0. The zero-order valence-electron chi connectivity index (χ0n) is 5.29. The summed E-state index contributed by atoms with van der Waals surface area (Å²) in [6.07, 6.45) is 2.52. The van der Waals surface area contributed by atoms with Gasteiger partial charge in [0.1, 0.15) is 0 Å². The molecule has 0 bridgehead atoms. The molecule has 0 amide bonds. The van der Waals surface area contributed by atoms with E-state index in [-0.39, 0.29) is 0 Å². The maximum atomic E-state index is 10.4. The average Bonchev–Trinajstić information content (AvgIpc) is 1.80. The third kappa shape index (κ3) is 7.95. The molecule has 4 heteroatoms. The van der Waals surface area contributed by atoms with Gasteiger partial charge in [0.2, 0.25) is 0 Å². The molecule has 0 aliphatic carbocycles. The fourth-order valence-corrected chi connectivity index (χ4v) is 1.02. The molecule has 0 radical (unpaired) electrons. The van der Waals surface area contributed by atoms with Gasteiger partial charge in [0.15, 0.2) is 0 Å². The molecule has 0 N–H and O–H groups in total. The van der Waals surface area contributed by atoms with E-state index in [1.807, 2.05) is 0 Å². The molecule has 0 aromatic heterocycles. The van der Waals surface area contributed by atoms with Gasteiger partial charge in [-0.15, -0.1) is 0 Å². The van der Waals surface area contributed by atoms with E-state index in [4.69, 9.17) is 0 Å². The van der Waals surface area contributed by atoms with Crippen LogP contribution in [0.25, 0.3) is 0 Å². The third-order valence-corrected chi connectivity index (χ3v) is 1.76. The highest BCUT2D eigenvalue weighted by molar-refractivity contribution is 7.84. The largest absolute Gasteiger partial charge is 0.260 e. The van der Waals surface area contributed by atoms with Crippen molar-refractivity contribution in [1.29, 1.82) is 0 Å². The second kappa shape index (κ2) is 6.08. The monoisotopic (exact) mass is 163 g/mol. The molecule has 0 unspecified atom stereocenters. The highest BCUT2D eigenvalue weighted by atomic mass is 32.2. The molecule has 0 heterocycles. The van der Waals surface area contributed by atoms with Crippen LogP contribution in [0.1, 0.15) is 6.42 Å². The molecule has 1 atom stereocenters. The fraction of sp³-hybridized carbons (Fsp3) is 0.800. The van der Waals surface area contributed by atoms with Gasteiger partial charge in [0.25, 0.3) is 0 Å². The molecule has 0 aliphatic rings. The van der Waals surface area contributed by atoms with E-state index < -0.39 is 10.8 Å². The molecule has 2 nitrogen and oxygen atoms in total. The molecule has 0 spiro atoms. The number of hydrogen-bond donors (Lipinski definition) is 0. The Hall–Kier alpha value is -0.0500. The van der Waals surface area contributed by atoms with Gasteiger partial charge < -0.3 is 0 Å². The zero-order valence-corrected chi connectivity index (χ0v) is 6.93. The number of nitrogens with zero attached hydrogens (tertiary/aromatic N) is 1. The van der Waals surface area contributed by atoms with E-state index in [0.29, 0.717) is 12.3 Å².